The maximum atomic E-state index is 13.6. The molecule has 2 aromatic carbocycles. The van der Waals surface area contributed by atoms with E-state index < -0.39 is 0 Å². The van der Waals surface area contributed by atoms with E-state index in [0.717, 1.165) is 39.9 Å². The van der Waals surface area contributed by atoms with Crippen LogP contribution in [0.2, 0.25) is 10.0 Å². The molecule has 2 bridgehead atoms. The van der Waals surface area contributed by atoms with E-state index in [-0.39, 0.29) is 5.91 Å². The Morgan fingerprint density at radius 1 is 0.939 bits per heavy atom. The lowest BCUT2D eigenvalue weighted by Gasteiger charge is -2.45. The standard InChI is InChI=1S/C23H20Cl2N6OS/c24-16-2-4-20(31-26-5-6-27-31)18(8-16)22(32)29-10-14-7-15(11-29)13-30(12-14)23-28-19-3-1-17(25)9-21(19)33-23/h1-6,8-9,14-15H,7,10-13H2. The molecule has 0 radical (unpaired) electrons. The first-order valence-corrected chi connectivity index (χ1v) is 12.4. The lowest BCUT2D eigenvalue weighted by atomic mass is 9.84. The number of rotatable bonds is 3. The second kappa shape index (κ2) is 8.27. The molecule has 0 aliphatic carbocycles. The van der Waals surface area contributed by atoms with Crippen molar-refractivity contribution in [1.82, 2.24) is 24.9 Å². The Bertz CT molecular complexity index is 1330. The molecule has 6 rings (SSSR count). The largest absolute Gasteiger partial charge is 0.347 e. The van der Waals surface area contributed by atoms with Crippen LogP contribution in [-0.4, -0.2) is 57.0 Å². The second-order valence-corrected chi connectivity index (χ2v) is 10.6. The highest BCUT2D eigenvalue weighted by atomic mass is 35.5. The minimum atomic E-state index is -0.0254. The van der Waals surface area contributed by atoms with E-state index in [0.29, 0.717) is 41.2 Å². The third-order valence-electron chi connectivity index (χ3n) is 6.30. The third-order valence-corrected chi connectivity index (χ3v) is 7.85. The first-order valence-electron chi connectivity index (χ1n) is 10.8. The maximum absolute atomic E-state index is 13.6. The highest BCUT2D eigenvalue weighted by molar-refractivity contribution is 7.22. The Labute approximate surface area is 204 Å². The first-order chi connectivity index (χ1) is 16.0. The average molecular weight is 499 g/mol. The van der Waals surface area contributed by atoms with Crippen molar-refractivity contribution >= 4 is 55.8 Å². The molecular weight excluding hydrogens is 479 g/mol. The second-order valence-electron chi connectivity index (χ2n) is 8.67. The number of nitrogens with zero attached hydrogens (tertiary/aromatic N) is 6. The molecule has 0 saturated carbocycles. The molecule has 168 valence electrons. The van der Waals surface area contributed by atoms with Gasteiger partial charge in [0.1, 0.15) is 0 Å². The minimum absolute atomic E-state index is 0.0254. The highest BCUT2D eigenvalue weighted by Gasteiger charge is 2.37. The van der Waals surface area contributed by atoms with Crippen molar-refractivity contribution < 1.29 is 4.79 Å². The van der Waals surface area contributed by atoms with Crippen LogP contribution in [0.15, 0.2) is 48.8 Å². The van der Waals surface area contributed by atoms with E-state index in [1.165, 1.54) is 4.80 Å². The van der Waals surface area contributed by atoms with Crippen LogP contribution < -0.4 is 4.90 Å². The lowest BCUT2D eigenvalue weighted by Crippen LogP contribution is -2.54. The van der Waals surface area contributed by atoms with E-state index >= 15 is 0 Å². The number of likely N-dealkylation sites (tertiary alicyclic amines) is 1. The summed E-state index contributed by atoms with van der Waals surface area (Å²) in [5.74, 6) is 0.757. The van der Waals surface area contributed by atoms with Crippen molar-refractivity contribution in [2.75, 3.05) is 31.1 Å². The predicted octanol–water partition coefficient (Wildman–Crippen LogP) is 4.78. The maximum Gasteiger partial charge on any atom is 0.256 e. The van der Waals surface area contributed by atoms with Gasteiger partial charge in [-0.05, 0) is 54.7 Å². The normalized spacial score (nSPS) is 20.4. The number of carbonyl (C=O) groups excluding carboxylic acids is 1. The van der Waals surface area contributed by atoms with Gasteiger partial charge in [0.2, 0.25) is 0 Å². The zero-order chi connectivity index (χ0) is 22.5. The molecule has 2 aliphatic rings. The Kier molecular flexibility index (Phi) is 5.24. The van der Waals surface area contributed by atoms with Gasteiger partial charge in [-0.3, -0.25) is 4.79 Å². The zero-order valence-electron chi connectivity index (χ0n) is 17.6. The van der Waals surface area contributed by atoms with Gasteiger partial charge in [-0.2, -0.15) is 15.0 Å². The minimum Gasteiger partial charge on any atom is -0.347 e. The molecule has 0 spiro atoms. The Morgan fingerprint density at radius 3 is 2.39 bits per heavy atom. The molecule has 1 amide bonds. The van der Waals surface area contributed by atoms with Crippen LogP contribution in [0.5, 0.6) is 0 Å². The van der Waals surface area contributed by atoms with Crippen LogP contribution in [0, 0.1) is 11.8 Å². The van der Waals surface area contributed by atoms with E-state index in [9.17, 15) is 4.79 Å². The molecular formula is C23H20Cl2N6OS. The van der Waals surface area contributed by atoms with Crippen LogP contribution in [0.1, 0.15) is 16.8 Å². The summed E-state index contributed by atoms with van der Waals surface area (Å²) in [4.78, 5) is 24.2. The zero-order valence-corrected chi connectivity index (χ0v) is 19.9. The molecule has 33 heavy (non-hydrogen) atoms. The number of thiazole rings is 1. The number of halogens is 2. The van der Waals surface area contributed by atoms with Crippen LogP contribution in [0.4, 0.5) is 5.13 Å². The third kappa shape index (κ3) is 3.96. The monoisotopic (exact) mass is 498 g/mol. The highest BCUT2D eigenvalue weighted by Crippen LogP contribution is 2.36. The van der Waals surface area contributed by atoms with E-state index in [4.69, 9.17) is 28.2 Å². The summed E-state index contributed by atoms with van der Waals surface area (Å²) in [6, 6.07) is 11.1. The summed E-state index contributed by atoms with van der Waals surface area (Å²) >= 11 is 14.1. The quantitative estimate of drug-likeness (QED) is 0.406. The van der Waals surface area contributed by atoms with E-state index in [1.54, 1.807) is 41.9 Å². The van der Waals surface area contributed by atoms with Gasteiger partial charge in [0.25, 0.3) is 5.91 Å². The molecule has 4 heterocycles. The van der Waals surface area contributed by atoms with Gasteiger partial charge in [-0.15, -0.1) is 0 Å². The summed E-state index contributed by atoms with van der Waals surface area (Å²) in [6.45, 7) is 3.19. The predicted molar refractivity (Wildman–Crippen MR) is 131 cm³/mol. The lowest BCUT2D eigenvalue weighted by molar-refractivity contribution is 0.0564. The summed E-state index contributed by atoms with van der Waals surface area (Å²) < 4.78 is 1.10. The van der Waals surface area contributed by atoms with Gasteiger partial charge in [-0.1, -0.05) is 34.5 Å². The number of benzene rings is 2. The molecule has 2 fully saturated rings. The van der Waals surface area contributed by atoms with Crippen molar-refractivity contribution in [3.63, 3.8) is 0 Å². The molecule has 2 aromatic heterocycles. The molecule has 0 N–H and O–H groups in total. The van der Waals surface area contributed by atoms with Crippen LogP contribution in [0.3, 0.4) is 0 Å². The topological polar surface area (TPSA) is 67.2 Å². The molecule has 2 aliphatic heterocycles. The smallest absolute Gasteiger partial charge is 0.256 e. The molecule has 7 nitrogen and oxygen atoms in total. The Hall–Kier alpha value is -2.68. The van der Waals surface area contributed by atoms with Gasteiger partial charge in [-0.25, -0.2) is 4.98 Å². The average Bonchev–Trinajstić information content (AvgIpc) is 3.47. The number of amides is 1. The molecule has 4 aromatic rings. The fourth-order valence-corrected chi connectivity index (χ4v) is 6.42. The van der Waals surface area contributed by atoms with E-state index in [1.807, 2.05) is 23.1 Å². The SMILES string of the molecule is O=C(c1cc(Cl)ccc1-n1nccn1)N1CC2CC(C1)CN(c1nc3ccc(Cl)cc3s1)C2. The van der Waals surface area contributed by atoms with Crippen molar-refractivity contribution in [1.29, 1.82) is 0 Å². The van der Waals surface area contributed by atoms with Crippen LogP contribution in [-0.2, 0) is 0 Å². The van der Waals surface area contributed by atoms with Gasteiger partial charge in [0.05, 0.1) is 33.9 Å². The molecule has 2 unspecified atom stereocenters. The molecule has 10 heteroatoms. The number of aromatic nitrogens is 4. The number of fused-ring (bicyclic) bond motifs is 3. The number of piperidine rings is 2. The number of carbonyl (C=O) groups is 1. The van der Waals surface area contributed by atoms with Crippen molar-refractivity contribution in [3.05, 3.63) is 64.4 Å². The van der Waals surface area contributed by atoms with Gasteiger partial charge in [0.15, 0.2) is 5.13 Å². The summed E-state index contributed by atoms with van der Waals surface area (Å²) in [5.41, 5.74) is 2.14. The van der Waals surface area contributed by atoms with E-state index in [2.05, 4.69) is 15.1 Å². The van der Waals surface area contributed by atoms with Crippen LogP contribution >= 0.6 is 34.5 Å². The Morgan fingerprint density at radius 2 is 1.64 bits per heavy atom. The first kappa shape index (κ1) is 20.9. The molecule has 2 saturated heterocycles. The van der Waals surface area contributed by atoms with Gasteiger partial charge >= 0.3 is 0 Å². The molecule has 2 atom stereocenters. The fourth-order valence-electron chi connectivity index (χ4n) is 4.99. The van der Waals surface area contributed by atoms with Crippen molar-refractivity contribution in [3.8, 4) is 5.69 Å². The number of hydrogen-bond donors (Lipinski definition) is 0. The summed E-state index contributed by atoms with van der Waals surface area (Å²) in [7, 11) is 0. The van der Waals surface area contributed by atoms with Crippen molar-refractivity contribution in [2.24, 2.45) is 11.8 Å². The van der Waals surface area contributed by atoms with Gasteiger partial charge < -0.3 is 9.80 Å². The van der Waals surface area contributed by atoms with Gasteiger partial charge in [0, 0.05) is 36.2 Å². The summed E-state index contributed by atoms with van der Waals surface area (Å²) in [6.07, 6.45) is 4.32. The van der Waals surface area contributed by atoms with Crippen LogP contribution in [0.25, 0.3) is 15.9 Å². The number of anilines is 1. The summed E-state index contributed by atoms with van der Waals surface area (Å²) in [5, 5.41) is 10.7. The Balaban J connectivity index is 1.23. The number of hydrogen-bond acceptors (Lipinski definition) is 6. The van der Waals surface area contributed by atoms with Crippen molar-refractivity contribution in [2.45, 2.75) is 6.42 Å². The fraction of sp³-hybridized carbons (Fsp3) is 0.304.